The molecule has 102 valence electrons. The summed E-state index contributed by atoms with van der Waals surface area (Å²) >= 11 is 1.64. The lowest BCUT2D eigenvalue weighted by Crippen LogP contribution is -2.22. The van der Waals surface area contributed by atoms with Gasteiger partial charge in [-0.3, -0.25) is 0 Å². The number of benzene rings is 1. The van der Waals surface area contributed by atoms with Crippen LogP contribution in [0.4, 0.5) is 14.5 Å². The second-order valence-corrected chi connectivity index (χ2v) is 5.40. The molecule has 0 aliphatic carbocycles. The molecule has 2 nitrogen and oxygen atoms in total. The van der Waals surface area contributed by atoms with Crippen molar-refractivity contribution >= 4 is 17.0 Å². The van der Waals surface area contributed by atoms with Crippen LogP contribution in [0.3, 0.4) is 0 Å². The van der Waals surface area contributed by atoms with Gasteiger partial charge >= 0.3 is 0 Å². The number of halogens is 2. The molecule has 0 radical (unpaired) electrons. The minimum Gasteiger partial charge on any atom is -0.369 e. The van der Waals surface area contributed by atoms with Gasteiger partial charge in [0.1, 0.15) is 17.3 Å². The van der Waals surface area contributed by atoms with E-state index in [1.165, 1.54) is 17.0 Å². The van der Waals surface area contributed by atoms with Gasteiger partial charge in [0.2, 0.25) is 0 Å². The average molecular weight is 282 g/mol. The Labute approximate surface area is 115 Å². The summed E-state index contributed by atoms with van der Waals surface area (Å²) in [7, 11) is 1.69. The molecule has 0 amide bonds. The second kappa shape index (κ2) is 6.12. The lowest BCUT2D eigenvalue weighted by atomic mass is 10.1. The second-order valence-electron chi connectivity index (χ2n) is 4.36. The van der Waals surface area contributed by atoms with Crippen LogP contribution in [0.25, 0.3) is 0 Å². The number of nitrogens with zero attached hydrogens (tertiary/aromatic N) is 1. The van der Waals surface area contributed by atoms with Crippen molar-refractivity contribution in [3.05, 3.63) is 51.7 Å². The summed E-state index contributed by atoms with van der Waals surface area (Å²) in [6, 6.07) is 6.57. The van der Waals surface area contributed by atoms with E-state index in [9.17, 15) is 8.78 Å². The molecule has 19 heavy (non-hydrogen) atoms. The summed E-state index contributed by atoms with van der Waals surface area (Å²) in [4.78, 5) is 2.80. The molecular weight excluding hydrogens is 266 g/mol. The Hall–Kier alpha value is -1.46. The third kappa shape index (κ3) is 3.30. The maximum absolute atomic E-state index is 13.9. The molecule has 0 spiro atoms. The van der Waals surface area contributed by atoms with E-state index in [1.807, 2.05) is 17.5 Å². The number of likely N-dealkylation sites (N-methyl/N-ethyl adjacent to an activating group) is 1. The maximum atomic E-state index is 13.9. The van der Waals surface area contributed by atoms with Crippen molar-refractivity contribution in [1.29, 1.82) is 0 Å². The fourth-order valence-electron chi connectivity index (χ4n) is 1.95. The molecule has 0 atom stereocenters. The van der Waals surface area contributed by atoms with E-state index in [0.717, 1.165) is 6.42 Å². The summed E-state index contributed by atoms with van der Waals surface area (Å²) < 4.78 is 27.8. The predicted octanol–water partition coefficient (Wildman–Crippen LogP) is 3.16. The van der Waals surface area contributed by atoms with Crippen LogP contribution < -0.4 is 10.6 Å². The first-order valence-corrected chi connectivity index (χ1v) is 6.91. The van der Waals surface area contributed by atoms with Crippen LogP contribution in [0.2, 0.25) is 0 Å². The van der Waals surface area contributed by atoms with Crippen molar-refractivity contribution in [3.8, 4) is 0 Å². The zero-order valence-corrected chi connectivity index (χ0v) is 11.5. The molecule has 1 aromatic carbocycles. The van der Waals surface area contributed by atoms with Gasteiger partial charge in [-0.25, -0.2) is 8.78 Å². The number of anilines is 1. The van der Waals surface area contributed by atoms with Crippen LogP contribution in [0.15, 0.2) is 29.6 Å². The third-order valence-corrected chi connectivity index (χ3v) is 3.90. The van der Waals surface area contributed by atoms with E-state index in [4.69, 9.17) is 5.73 Å². The Balaban J connectivity index is 2.12. The molecule has 2 rings (SSSR count). The molecular formula is C14H16F2N2S. The predicted molar refractivity (Wildman–Crippen MR) is 75.5 cm³/mol. The number of hydrogen-bond donors (Lipinski definition) is 1. The van der Waals surface area contributed by atoms with Gasteiger partial charge in [-0.15, -0.1) is 11.3 Å². The van der Waals surface area contributed by atoms with Crippen LogP contribution in [0.1, 0.15) is 10.4 Å². The van der Waals surface area contributed by atoms with E-state index in [1.54, 1.807) is 23.3 Å². The fourth-order valence-corrected chi connectivity index (χ4v) is 2.64. The molecule has 5 heteroatoms. The van der Waals surface area contributed by atoms with Crippen molar-refractivity contribution in [2.24, 2.45) is 5.73 Å². The molecule has 2 N–H and O–H groups in total. The van der Waals surface area contributed by atoms with Gasteiger partial charge in [0.05, 0.1) is 0 Å². The minimum absolute atomic E-state index is 0.00811. The van der Waals surface area contributed by atoms with Gasteiger partial charge in [-0.05, 0) is 35.6 Å². The van der Waals surface area contributed by atoms with Crippen molar-refractivity contribution in [1.82, 2.24) is 0 Å². The summed E-state index contributed by atoms with van der Waals surface area (Å²) in [5.74, 6) is -1.12. The zero-order valence-electron chi connectivity index (χ0n) is 10.7. The molecule has 0 fully saturated rings. The number of thiophene rings is 1. The smallest absolute Gasteiger partial charge is 0.149 e. The highest BCUT2D eigenvalue weighted by atomic mass is 32.1. The summed E-state index contributed by atoms with van der Waals surface area (Å²) in [6.07, 6.45) is 0.770. The van der Waals surface area contributed by atoms with Crippen LogP contribution in [0.5, 0.6) is 0 Å². The number of rotatable bonds is 5. The van der Waals surface area contributed by atoms with Gasteiger partial charge in [0, 0.05) is 25.0 Å². The molecule has 2 aromatic rings. The van der Waals surface area contributed by atoms with Gasteiger partial charge in [0.25, 0.3) is 0 Å². The number of hydrogen-bond acceptors (Lipinski definition) is 3. The molecule has 0 saturated heterocycles. The molecule has 0 unspecified atom stereocenters. The first-order valence-electron chi connectivity index (χ1n) is 6.03. The quantitative estimate of drug-likeness (QED) is 0.912. The normalized spacial score (nSPS) is 10.7. The van der Waals surface area contributed by atoms with Gasteiger partial charge in [0.15, 0.2) is 0 Å². The molecule has 1 aromatic heterocycles. The fraction of sp³-hybridized carbons (Fsp3) is 0.286. The SMILES string of the molecule is CN(CCc1cccs1)c1c(F)cc(CN)cc1F. The minimum atomic E-state index is -0.561. The van der Waals surface area contributed by atoms with Crippen molar-refractivity contribution < 1.29 is 8.78 Å². The summed E-state index contributed by atoms with van der Waals surface area (Å²) in [5, 5.41) is 1.99. The van der Waals surface area contributed by atoms with Gasteiger partial charge in [-0.1, -0.05) is 6.07 Å². The highest BCUT2D eigenvalue weighted by molar-refractivity contribution is 7.09. The van der Waals surface area contributed by atoms with E-state index in [-0.39, 0.29) is 12.2 Å². The van der Waals surface area contributed by atoms with Gasteiger partial charge < -0.3 is 10.6 Å². The van der Waals surface area contributed by atoms with Crippen LogP contribution in [-0.4, -0.2) is 13.6 Å². The first-order chi connectivity index (χ1) is 9.11. The lowest BCUT2D eigenvalue weighted by molar-refractivity contribution is 0.573. The Bertz CT molecular complexity index is 517. The standard InChI is InChI=1S/C14H16F2N2S/c1-18(5-4-11-3-2-6-19-11)14-12(15)7-10(9-17)8-13(14)16/h2-3,6-8H,4-5,9,17H2,1H3. The Morgan fingerprint density at radius 1 is 1.26 bits per heavy atom. The van der Waals surface area contributed by atoms with Crippen LogP contribution >= 0.6 is 11.3 Å². The van der Waals surface area contributed by atoms with Crippen molar-refractivity contribution in [3.63, 3.8) is 0 Å². The molecule has 0 aliphatic rings. The van der Waals surface area contributed by atoms with Crippen LogP contribution in [-0.2, 0) is 13.0 Å². The lowest BCUT2D eigenvalue weighted by Gasteiger charge is -2.20. The summed E-state index contributed by atoms with van der Waals surface area (Å²) in [5.41, 5.74) is 5.86. The number of nitrogens with two attached hydrogens (primary N) is 1. The molecule has 0 aliphatic heterocycles. The Kier molecular flexibility index (Phi) is 4.50. The Morgan fingerprint density at radius 2 is 1.95 bits per heavy atom. The van der Waals surface area contributed by atoms with E-state index in [2.05, 4.69) is 0 Å². The van der Waals surface area contributed by atoms with E-state index in [0.29, 0.717) is 12.1 Å². The monoisotopic (exact) mass is 282 g/mol. The van der Waals surface area contributed by atoms with E-state index < -0.39 is 11.6 Å². The largest absolute Gasteiger partial charge is 0.369 e. The van der Waals surface area contributed by atoms with Gasteiger partial charge in [-0.2, -0.15) is 0 Å². The van der Waals surface area contributed by atoms with E-state index >= 15 is 0 Å². The highest BCUT2D eigenvalue weighted by Crippen LogP contribution is 2.24. The summed E-state index contributed by atoms with van der Waals surface area (Å²) in [6.45, 7) is 0.698. The van der Waals surface area contributed by atoms with Crippen molar-refractivity contribution in [2.75, 3.05) is 18.5 Å². The topological polar surface area (TPSA) is 29.3 Å². The first kappa shape index (κ1) is 14.0. The Morgan fingerprint density at radius 3 is 2.47 bits per heavy atom. The third-order valence-electron chi connectivity index (χ3n) is 2.97. The molecule has 1 heterocycles. The average Bonchev–Trinajstić information content (AvgIpc) is 2.88. The zero-order chi connectivity index (χ0) is 13.8. The maximum Gasteiger partial charge on any atom is 0.149 e. The van der Waals surface area contributed by atoms with Crippen molar-refractivity contribution in [2.45, 2.75) is 13.0 Å². The molecule has 0 bridgehead atoms. The molecule has 0 saturated carbocycles. The highest BCUT2D eigenvalue weighted by Gasteiger charge is 2.15. The van der Waals surface area contributed by atoms with Crippen LogP contribution in [0, 0.1) is 11.6 Å².